The zero-order chi connectivity index (χ0) is 18.4. The summed E-state index contributed by atoms with van der Waals surface area (Å²) in [6.07, 6.45) is 4.76. The van der Waals surface area contributed by atoms with Crippen molar-refractivity contribution < 1.29 is 19.8 Å². The second-order valence-electron chi connectivity index (χ2n) is 6.56. The van der Waals surface area contributed by atoms with Crippen molar-refractivity contribution in [3.8, 4) is 0 Å². The molecule has 0 saturated carbocycles. The molecule has 1 heterocycles. The number of hydrogen-bond acceptors (Lipinski definition) is 3. The molecule has 0 radical (unpaired) electrons. The van der Waals surface area contributed by atoms with E-state index in [1.807, 2.05) is 18.2 Å². The summed E-state index contributed by atoms with van der Waals surface area (Å²) in [6.45, 7) is 0. The van der Waals surface area contributed by atoms with Crippen LogP contribution in [0.25, 0.3) is 0 Å². The van der Waals surface area contributed by atoms with Crippen LogP contribution >= 0.6 is 11.6 Å². The van der Waals surface area contributed by atoms with Crippen LogP contribution in [0, 0.1) is 5.92 Å². The molecular weight excluding hydrogens is 354 g/mol. The molecule has 4 rings (SSSR count). The van der Waals surface area contributed by atoms with Gasteiger partial charge in [0.2, 0.25) is 0 Å². The van der Waals surface area contributed by atoms with Gasteiger partial charge in [-0.2, -0.15) is 0 Å². The van der Waals surface area contributed by atoms with Gasteiger partial charge in [0.05, 0.1) is 27.9 Å². The summed E-state index contributed by atoms with van der Waals surface area (Å²) in [4.78, 5) is 23.4. The van der Waals surface area contributed by atoms with Gasteiger partial charge in [-0.25, -0.2) is 9.59 Å². The number of halogens is 1. The van der Waals surface area contributed by atoms with Crippen molar-refractivity contribution in [2.75, 3.05) is 5.32 Å². The number of aromatic carboxylic acids is 2. The highest BCUT2D eigenvalue weighted by Crippen LogP contribution is 2.53. The highest BCUT2D eigenvalue weighted by molar-refractivity contribution is 6.33. The summed E-state index contributed by atoms with van der Waals surface area (Å²) in [5.74, 6) is -2.08. The zero-order valence-electron chi connectivity index (χ0n) is 13.6. The molecule has 0 spiro atoms. The van der Waals surface area contributed by atoms with Gasteiger partial charge in [0.1, 0.15) is 0 Å². The first-order chi connectivity index (χ1) is 12.5. The fourth-order valence-electron chi connectivity index (χ4n) is 4.13. The lowest BCUT2D eigenvalue weighted by molar-refractivity contribution is 0.0685. The Morgan fingerprint density at radius 3 is 2.50 bits per heavy atom. The van der Waals surface area contributed by atoms with Crippen LogP contribution in [0.2, 0.25) is 5.02 Å². The van der Waals surface area contributed by atoms with Gasteiger partial charge < -0.3 is 15.5 Å². The molecule has 1 aliphatic carbocycles. The van der Waals surface area contributed by atoms with Gasteiger partial charge in [0.25, 0.3) is 0 Å². The minimum atomic E-state index is -0.997. The normalized spacial score (nSPS) is 23.0. The zero-order valence-corrected chi connectivity index (χ0v) is 14.4. The van der Waals surface area contributed by atoms with Crippen LogP contribution in [0.3, 0.4) is 0 Å². The number of hydrogen-bond donors (Lipinski definition) is 3. The Kier molecular flexibility index (Phi) is 3.96. The molecule has 0 bridgehead atoms. The van der Waals surface area contributed by atoms with Crippen LogP contribution in [-0.2, 0) is 0 Å². The molecule has 0 amide bonds. The number of anilines is 1. The van der Waals surface area contributed by atoms with E-state index in [0.717, 1.165) is 6.42 Å². The van der Waals surface area contributed by atoms with Crippen LogP contribution in [0.15, 0.2) is 48.6 Å². The molecule has 2 aromatic carbocycles. The lowest BCUT2D eigenvalue weighted by atomic mass is 9.74. The molecule has 3 atom stereocenters. The van der Waals surface area contributed by atoms with Gasteiger partial charge in [-0.1, -0.05) is 42.0 Å². The SMILES string of the molecule is O=C(O)c1ccccc1[C@@H]1Nc2c(Cl)ccc(C(=O)O)c2[C@H]2C=CC[C@H]21. The van der Waals surface area contributed by atoms with Crippen LogP contribution < -0.4 is 5.32 Å². The number of carboxylic acids is 2. The second-order valence-corrected chi connectivity index (χ2v) is 6.96. The molecule has 0 aromatic heterocycles. The third kappa shape index (κ3) is 2.47. The summed E-state index contributed by atoms with van der Waals surface area (Å²) in [6, 6.07) is 9.72. The summed E-state index contributed by atoms with van der Waals surface area (Å²) < 4.78 is 0. The minimum absolute atomic E-state index is 0.0274. The second kappa shape index (κ2) is 6.18. The summed E-state index contributed by atoms with van der Waals surface area (Å²) in [5, 5.41) is 22.9. The van der Waals surface area contributed by atoms with Gasteiger partial charge in [-0.3, -0.25) is 0 Å². The molecule has 2 aromatic rings. The predicted octanol–water partition coefficient (Wildman–Crippen LogP) is 4.56. The van der Waals surface area contributed by atoms with Gasteiger partial charge in [-0.05, 0) is 41.7 Å². The van der Waals surface area contributed by atoms with Crippen molar-refractivity contribution in [2.45, 2.75) is 18.4 Å². The van der Waals surface area contributed by atoms with Gasteiger partial charge in [0, 0.05) is 5.92 Å². The van der Waals surface area contributed by atoms with Crippen LogP contribution in [-0.4, -0.2) is 22.2 Å². The van der Waals surface area contributed by atoms with E-state index in [1.54, 1.807) is 24.3 Å². The van der Waals surface area contributed by atoms with Crippen LogP contribution in [0.1, 0.15) is 50.2 Å². The largest absolute Gasteiger partial charge is 0.478 e. The molecule has 1 aliphatic heterocycles. The molecular formula is C20H16ClNO4. The van der Waals surface area contributed by atoms with E-state index < -0.39 is 11.9 Å². The Balaban J connectivity index is 1.90. The van der Waals surface area contributed by atoms with Gasteiger partial charge in [-0.15, -0.1) is 0 Å². The monoisotopic (exact) mass is 369 g/mol. The number of fused-ring (bicyclic) bond motifs is 3. The van der Waals surface area contributed by atoms with E-state index in [2.05, 4.69) is 5.32 Å². The van der Waals surface area contributed by atoms with Crippen molar-refractivity contribution in [3.05, 3.63) is 75.8 Å². The predicted molar refractivity (Wildman–Crippen MR) is 98.2 cm³/mol. The first-order valence-electron chi connectivity index (χ1n) is 8.30. The van der Waals surface area contributed by atoms with Crippen molar-refractivity contribution in [2.24, 2.45) is 5.92 Å². The van der Waals surface area contributed by atoms with E-state index in [1.165, 1.54) is 6.07 Å². The van der Waals surface area contributed by atoms with Crippen molar-refractivity contribution in [1.29, 1.82) is 0 Å². The number of carboxylic acid groups (broad SMARTS) is 2. The third-order valence-corrected chi connectivity index (χ3v) is 5.54. The standard InChI is InChI=1S/C20H16ClNO4/c21-15-9-8-14(20(25)26)16-10-6-3-7-11(10)17(22-18(15)16)12-4-1-2-5-13(12)19(23)24/h1-6,8-11,17,22H,7H2,(H,23,24)(H,25,26)/t10-,11+,17+/m0/s1. The van der Waals surface area contributed by atoms with E-state index in [0.29, 0.717) is 21.8 Å². The molecule has 3 N–H and O–H groups in total. The van der Waals surface area contributed by atoms with E-state index in [-0.39, 0.29) is 29.0 Å². The summed E-state index contributed by atoms with van der Waals surface area (Å²) in [7, 11) is 0. The summed E-state index contributed by atoms with van der Waals surface area (Å²) >= 11 is 6.37. The fourth-order valence-corrected chi connectivity index (χ4v) is 4.35. The summed E-state index contributed by atoms with van der Waals surface area (Å²) in [5.41, 5.74) is 2.39. The Morgan fingerprint density at radius 2 is 1.77 bits per heavy atom. The van der Waals surface area contributed by atoms with Crippen molar-refractivity contribution in [1.82, 2.24) is 0 Å². The number of nitrogens with one attached hydrogen (secondary N) is 1. The number of carbonyl (C=O) groups is 2. The molecule has 2 aliphatic rings. The highest BCUT2D eigenvalue weighted by Gasteiger charge is 2.41. The topological polar surface area (TPSA) is 86.6 Å². The molecule has 0 fully saturated rings. The molecule has 0 saturated heterocycles. The van der Waals surface area contributed by atoms with E-state index >= 15 is 0 Å². The third-order valence-electron chi connectivity index (χ3n) is 5.23. The highest BCUT2D eigenvalue weighted by atomic mass is 35.5. The quantitative estimate of drug-likeness (QED) is 0.690. The maximum atomic E-state index is 11.7. The average molecular weight is 370 g/mol. The fraction of sp³-hybridized carbons (Fsp3) is 0.200. The Labute approximate surface area is 154 Å². The molecule has 132 valence electrons. The number of benzene rings is 2. The maximum Gasteiger partial charge on any atom is 0.336 e. The maximum absolute atomic E-state index is 11.7. The molecule has 6 heteroatoms. The van der Waals surface area contributed by atoms with Crippen LogP contribution in [0.5, 0.6) is 0 Å². The number of allylic oxidation sites excluding steroid dienone is 2. The molecule has 5 nitrogen and oxygen atoms in total. The number of rotatable bonds is 3. The molecule has 26 heavy (non-hydrogen) atoms. The van der Waals surface area contributed by atoms with E-state index in [9.17, 15) is 19.8 Å². The minimum Gasteiger partial charge on any atom is -0.478 e. The lowest BCUT2D eigenvalue weighted by Crippen LogP contribution is -2.31. The lowest BCUT2D eigenvalue weighted by Gasteiger charge is -2.39. The first kappa shape index (κ1) is 16.7. The Morgan fingerprint density at radius 1 is 1.04 bits per heavy atom. The average Bonchev–Trinajstić information content (AvgIpc) is 3.11. The molecule has 0 unspecified atom stereocenters. The van der Waals surface area contributed by atoms with E-state index in [4.69, 9.17) is 11.6 Å². The van der Waals surface area contributed by atoms with Gasteiger partial charge >= 0.3 is 11.9 Å². The van der Waals surface area contributed by atoms with Crippen molar-refractivity contribution in [3.63, 3.8) is 0 Å². The Bertz CT molecular complexity index is 953. The smallest absolute Gasteiger partial charge is 0.336 e. The Hall–Kier alpha value is -2.79. The first-order valence-corrected chi connectivity index (χ1v) is 8.68. The van der Waals surface area contributed by atoms with Crippen LogP contribution in [0.4, 0.5) is 5.69 Å². The van der Waals surface area contributed by atoms with Gasteiger partial charge in [0.15, 0.2) is 0 Å². The van der Waals surface area contributed by atoms with Crippen molar-refractivity contribution >= 4 is 29.2 Å².